The Labute approximate surface area is 171 Å². The van der Waals surface area contributed by atoms with Crippen LogP contribution in [0.5, 0.6) is 0 Å². The molecule has 1 aliphatic rings. The van der Waals surface area contributed by atoms with Crippen molar-refractivity contribution in [1.82, 2.24) is 19.5 Å². The smallest absolute Gasteiger partial charge is 0.394 e. The van der Waals surface area contributed by atoms with Crippen LogP contribution in [0.1, 0.15) is 17.6 Å². The van der Waals surface area contributed by atoms with Gasteiger partial charge >= 0.3 is 13.9 Å². The van der Waals surface area contributed by atoms with E-state index in [2.05, 4.69) is 15.0 Å². The fraction of sp³-hybridized carbons (Fsp3) is 0.353. The van der Waals surface area contributed by atoms with Crippen molar-refractivity contribution in [2.24, 2.45) is 0 Å². The molecule has 0 aliphatic carbocycles. The summed E-state index contributed by atoms with van der Waals surface area (Å²) in [6.45, 7) is -0.390. The molecule has 1 saturated heterocycles. The molecule has 1 aliphatic heterocycles. The minimum atomic E-state index is -2.53. The number of nitrogen functional groups attached to an aromatic ring is 1. The van der Waals surface area contributed by atoms with Crippen molar-refractivity contribution < 1.29 is 34.6 Å². The summed E-state index contributed by atoms with van der Waals surface area (Å²) in [6, 6.07) is 8.40. The number of nitrogens with two attached hydrogens (primary N) is 1. The maximum atomic E-state index is 10.4. The number of aliphatic hydroxyl groups excluding tert-OH is 4. The molecule has 0 bridgehead atoms. The summed E-state index contributed by atoms with van der Waals surface area (Å²) in [5.74, 6) is -1.04. The Balaban J connectivity index is 0.000000199. The van der Waals surface area contributed by atoms with Crippen molar-refractivity contribution in [3.63, 3.8) is 0 Å². The zero-order valence-corrected chi connectivity index (χ0v) is 16.4. The number of hydrogen-bond donors (Lipinski definition) is 6. The standard InChI is InChI=1S/C10H13N5O4.C7H7O3P/c11-8-5-9(13-2-12-8)15(3-14-5)10-7(18)6(17)4(1-16)19-10;8-7(11(9)10)6-4-2-1-3-5-6/h2-4,6-7,10,16-18H,1H2,(H2,11,12,13);1-5,7-8H/p+1/t4-,6-,7-,10-;/m1./s1. The first-order valence-electron chi connectivity index (χ1n) is 8.78. The average molecular weight is 438 g/mol. The van der Waals surface area contributed by atoms with Crippen LogP contribution in [0.3, 0.4) is 0 Å². The molecule has 1 fully saturated rings. The molecule has 3 heterocycles. The van der Waals surface area contributed by atoms with Gasteiger partial charge in [0, 0.05) is 5.56 Å². The summed E-state index contributed by atoms with van der Waals surface area (Å²) < 4.78 is 17.3. The predicted molar refractivity (Wildman–Crippen MR) is 104 cm³/mol. The van der Waals surface area contributed by atoms with E-state index in [1.807, 2.05) is 0 Å². The van der Waals surface area contributed by atoms with Crippen molar-refractivity contribution in [3.05, 3.63) is 48.5 Å². The van der Waals surface area contributed by atoms with Crippen LogP contribution in [-0.4, -0.2) is 69.8 Å². The fourth-order valence-electron chi connectivity index (χ4n) is 2.92. The normalized spacial score (nSPS) is 24.9. The maximum absolute atomic E-state index is 10.4. The lowest BCUT2D eigenvalue weighted by molar-refractivity contribution is -0.0511. The second-order valence-electron chi connectivity index (χ2n) is 6.40. The van der Waals surface area contributed by atoms with Gasteiger partial charge in [0.2, 0.25) is 0 Å². The highest BCUT2D eigenvalue weighted by atomic mass is 31.1. The number of imidazole rings is 1. The molecule has 160 valence electrons. The van der Waals surface area contributed by atoms with Crippen LogP contribution in [0.15, 0.2) is 43.0 Å². The van der Waals surface area contributed by atoms with Gasteiger partial charge in [0.1, 0.15) is 30.2 Å². The Bertz CT molecular complexity index is 1000. The van der Waals surface area contributed by atoms with Crippen LogP contribution < -0.4 is 5.73 Å². The number of fused-ring (bicyclic) bond motifs is 1. The first kappa shape index (κ1) is 22.1. The second-order valence-corrected chi connectivity index (χ2v) is 7.49. The van der Waals surface area contributed by atoms with Crippen molar-refractivity contribution in [2.75, 3.05) is 12.3 Å². The molecule has 2 aromatic heterocycles. The molecule has 0 spiro atoms. The van der Waals surface area contributed by atoms with E-state index in [0.717, 1.165) is 0 Å². The van der Waals surface area contributed by atoms with E-state index in [-0.39, 0.29) is 5.82 Å². The number of ether oxygens (including phenoxy) is 1. The third-order valence-electron chi connectivity index (χ3n) is 4.49. The van der Waals surface area contributed by atoms with E-state index < -0.39 is 45.0 Å². The molecule has 6 atom stereocenters. The summed E-state index contributed by atoms with van der Waals surface area (Å²) >= 11 is 0. The number of benzene rings is 1. The van der Waals surface area contributed by atoms with Gasteiger partial charge in [0.25, 0.3) is 0 Å². The maximum Gasteiger partial charge on any atom is 0.542 e. The Morgan fingerprint density at radius 3 is 2.47 bits per heavy atom. The summed E-state index contributed by atoms with van der Waals surface area (Å²) in [4.78, 5) is 20.4. The van der Waals surface area contributed by atoms with Crippen LogP contribution in [0.4, 0.5) is 5.82 Å². The van der Waals surface area contributed by atoms with E-state index in [1.165, 1.54) is 17.2 Å². The molecule has 0 saturated carbocycles. The Morgan fingerprint density at radius 1 is 1.17 bits per heavy atom. The topological polar surface area (TPSA) is 197 Å². The molecule has 13 heteroatoms. The third kappa shape index (κ3) is 4.45. The van der Waals surface area contributed by atoms with Gasteiger partial charge in [0.05, 0.1) is 12.9 Å². The first-order valence-corrected chi connectivity index (χ1v) is 10.1. The Kier molecular flexibility index (Phi) is 7.00. The highest BCUT2D eigenvalue weighted by Gasteiger charge is 2.44. The molecular formula is C17H21N5O7P+. The number of rotatable bonds is 4. The second kappa shape index (κ2) is 9.49. The highest BCUT2D eigenvalue weighted by Crippen LogP contribution is 2.34. The van der Waals surface area contributed by atoms with E-state index in [9.17, 15) is 14.8 Å². The van der Waals surface area contributed by atoms with Gasteiger partial charge in [-0.25, -0.2) is 15.0 Å². The summed E-state index contributed by atoms with van der Waals surface area (Å²) in [6.07, 6.45) is -1.42. The van der Waals surface area contributed by atoms with Gasteiger partial charge in [-0.1, -0.05) is 30.3 Å². The molecule has 0 amide bonds. The Morgan fingerprint density at radius 2 is 1.87 bits per heavy atom. The molecule has 12 nitrogen and oxygen atoms in total. The first-order chi connectivity index (χ1) is 14.3. The van der Waals surface area contributed by atoms with Gasteiger partial charge in [0.15, 0.2) is 17.7 Å². The van der Waals surface area contributed by atoms with Crippen LogP contribution in [-0.2, 0) is 9.30 Å². The van der Waals surface area contributed by atoms with Crippen molar-refractivity contribution in [1.29, 1.82) is 0 Å². The van der Waals surface area contributed by atoms with Gasteiger partial charge in [-0.05, 0) is 4.57 Å². The summed E-state index contributed by atoms with van der Waals surface area (Å²) in [5, 5.41) is 37.8. The molecule has 4 rings (SSSR count). The molecule has 3 aromatic rings. The van der Waals surface area contributed by atoms with Crippen LogP contribution in [0.25, 0.3) is 11.2 Å². The highest BCUT2D eigenvalue weighted by molar-refractivity contribution is 7.38. The van der Waals surface area contributed by atoms with Crippen molar-refractivity contribution in [2.45, 2.75) is 30.4 Å². The molecule has 7 N–H and O–H groups in total. The molecule has 1 aromatic carbocycles. The summed E-state index contributed by atoms with van der Waals surface area (Å²) in [5.41, 5.74) is 6.91. The molecule has 2 unspecified atom stereocenters. The van der Waals surface area contributed by atoms with Crippen LogP contribution in [0, 0.1) is 0 Å². The fourth-order valence-corrected chi connectivity index (χ4v) is 3.35. The van der Waals surface area contributed by atoms with Crippen LogP contribution >= 0.6 is 8.03 Å². The zero-order chi connectivity index (χ0) is 21.8. The van der Waals surface area contributed by atoms with E-state index in [1.54, 1.807) is 30.3 Å². The average Bonchev–Trinajstić information content (AvgIpc) is 3.30. The molecular weight excluding hydrogens is 417 g/mol. The number of nitrogens with zero attached hydrogens (tertiary/aromatic N) is 4. The largest absolute Gasteiger partial charge is 0.542 e. The van der Waals surface area contributed by atoms with Gasteiger partial charge in [-0.2, -0.15) is 4.89 Å². The third-order valence-corrected chi connectivity index (χ3v) is 5.20. The van der Waals surface area contributed by atoms with Crippen molar-refractivity contribution in [3.8, 4) is 0 Å². The monoisotopic (exact) mass is 438 g/mol. The lowest BCUT2D eigenvalue weighted by atomic mass is 10.1. The van der Waals surface area contributed by atoms with Crippen LogP contribution in [0.2, 0.25) is 0 Å². The minimum Gasteiger partial charge on any atom is -0.394 e. The number of aliphatic hydroxyl groups is 4. The predicted octanol–water partition coefficient (Wildman–Crippen LogP) is -0.568. The van der Waals surface area contributed by atoms with Gasteiger partial charge in [-0.15, -0.1) is 0 Å². The summed E-state index contributed by atoms with van der Waals surface area (Å²) in [7, 11) is -2.53. The number of aromatic nitrogens is 4. The molecule has 30 heavy (non-hydrogen) atoms. The lowest BCUT2D eigenvalue weighted by Crippen LogP contribution is -2.33. The quantitative estimate of drug-likeness (QED) is 0.285. The van der Waals surface area contributed by atoms with E-state index >= 15 is 0 Å². The molecule has 0 radical (unpaired) electrons. The van der Waals surface area contributed by atoms with E-state index in [4.69, 9.17) is 25.6 Å². The Hall–Kier alpha value is -2.57. The van der Waals surface area contributed by atoms with Gasteiger partial charge < -0.3 is 30.9 Å². The SMILES string of the molecule is Nc1ncnc2c1ncn2[C@@H]1O[C@H](CO)[C@@H](O)[C@H]1O.O=[P+](O)C(O)c1ccccc1. The zero-order valence-electron chi connectivity index (χ0n) is 15.5. The van der Waals surface area contributed by atoms with E-state index in [0.29, 0.717) is 16.7 Å². The lowest BCUT2D eigenvalue weighted by Gasteiger charge is -2.16. The number of anilines is 1. The minimum absolute atomic E-state index is 0.218. The van der Waals surface area contributed by atoms with Gasteiger partial charge in [-0.3, -0.25) is 4.57 Å². The number of hydrogen-bond acceptors (Lipinski definition) is 10. The van der Waals surface area contributed by atoms with Crippen molar-refractivity contribution >= 4 is 25.0 Å².